The Kier molecular flexibility index (Phi) is 9.04. The number of ether oxygens (including phenoxy) is 2. The first-order valence-corrected chi connectivity index (χ1v) is 10.4. The second kappa shape index (κ2) is 11.5. The Bertz CT molecular complexity index is 743. The maximum absolute atomic E-state index is 12.8. The van der Waals surface area contributed by atoms with Crippen LogP contribution in [0.15, 0.2) is 24.5 Å². The number of nitrogens with one attached hydrogen (secondary N) is 2. The molecule has 31 heavy (non-hydrogen) atoms. The van der Waals surface area contributed by atoms with E-state index in [9.17, 15) is 19.5 Å². The summed E-state index contributed by atoms with van der Waals surface area (Å²) in [6.45, 7) is 7.57. The molecule has 0 radical (unpaired) electrons. The summed E-state index contributed by atoms with van der Waals surface area (Å²) < 4.78 is 10.3. The highest BCUT2D eigenvalue weighted by molar-refractivity contribution is 5.86. The Balaban J connectivity index is 1.91. The van der Waals surface area contributed by atoms with E-state index in [2.05, 4.69) is 15.6 Å². The molecule has 1 aliphatic heterocycles. The molecular weight excluding hydrogens is 404 g/mol. The first kappa shape index (κ1) is 24.4. The number of amides is 3. The molecule has 172 valence electrons. The van der Waals surface area contributed by atoms with E-state index in [0.717, 1.165) is 5.56 Å². The van der Waals surface area contributed by atoms with Gasteiger partial charge in [0.2, 0.25) is 5.91 Å². The number of carbonyl (C=O) groups excluding carboxylic acids is 3. The lowest BCUT2D eigenvalue weighted by Crippen LogP contribution is -2.53. The van der Waals surface area contributed by atoms with Gasteiger partial charge in [0.05, 0.1) is 24.8 Å². The summed E-state index contributed by atoms with van der Waals surface area (Å²) in [6, 6.07) is 1.96. The van der Waals surface area contributed by atoms with Crippen molar-refractivity contribution < 1.29 is 29.0 Å². The molecule has 2 unspecified atom stereocenters. The molecule has 2 heterocycles. The van der Waals surface area contributed by atoms with Gasteiger partial charge in [-0.05, 0) is 43.9 Å². The van der Waals surface area contributed by atoms with Crippen molar-refractivity contribution >= 4 is 18.1 Å². The van der Waals surface area contributed by atoms with Crippen LogP contribution in [0.3, 0.4) is 0 Å². The molecule has 10 nitrogen and oxygen atoms in total. The number of pyridine rings is 1. The molecule has 3 atom stereocenters. The summed E-state index contributed by atoms with van der Waals surface area (Å²) in [7, 11) is 0. The van der Waals surface area contributed by atoms with Crippen molar-refractivity contribution in [3.05, 3.63) is 30.1 Å². The molecule has 0 aliphatic carbocycles. The molecule has 10 heteroatoms. The van der Waals surface area contributed by atoms with E-state index in [-0.39, 0.29) is 31.7 Å². The zero-order valence-electron chi connectivity index (χ0n) is 18.4. The zero-order chi connectivity index (χ0) is 23.0. The highest BCUT2D eigenvalue weighted by Crippen LogP contribution is 2.14. The van der Waals surface area contributed by atoms with Crippen molar-refractivity contribution in [3.63, 3.8) is 0 Å². The van der Waals surface area contributed by atoms with Gasteiger partial charge in [0, 0.05) is 18.9 Å². The van der Waals surface area contributed by atoms with Crippen LogP contribution < -0.4 is 10.6 Å². The summed E-state index contributed by atoms with van der Waals surface area (Å²) in [5, 5.41) is 15.6. The van der Waals surface area contributed by atoms with Crippen LogP contribution in [0.4, 0.5) is 9.59 Å². The second-order valence-corrected chi connectivity index (χ2v) is 8.28. The van der Waals surface area contributed by atoms with Gasteiger partial charge in [-0.25, -0.2) is 9.59 Å². The highest BCUT2D eigenvalue weighted by atomic mass is 16.6. The monoisotopic (exact) mass is 436 g/mol. The molecule has 1 saturated heterocycles. The number of carbonyl (C=O) groups is 3. The number of hydrogen-bond donors (Lipinski definition) is 3. The minimum atomic E-state index is -0.929. The summed E-state index contributed by atoms with van der Waals surface area (Å²) in [4.78, 5) is 42.3. The smallest absolute Gasteiger partial charge is 0.410 e. The minimum Gasteiger partial charge on any atom is -0.447 e. The predicted octanol–water partition coefficient (Wildman–Crippen LogP) is 1.43. The fourth-order valence-corrected chi connectivity index (χ4v) is 3.15. The van der Waals surface area contributed by atoms with E-state index in [1.165, 1.54) is 4.90 Å². The molecule has 0 saturated carbocycles. The van der Waals surface area contributed by atoms with Gasteiger partial charge in [-0.1, -0.05) is 13.8 Å². The van der Waals surface area contributed by atoms with Crippen LogP contribution in [-0.4, -0.2) is 70.5 Å². The Morgan fingerprint density at radius 3 is 2.48 bits per heavy atom. The Hall–Kier alpha value is -2.88. The topological polar surface area (TPSA) is 130 Å². The molecule has 1 aliphatic rings. The minimum absolute atomic E-state index is 0.0542. The van der Waals surface area contributed by atoms with Gasteiger partial charge in [0.1, 0.15) is 12.6 Å². The maximum Gasteiger partial charge on any atom is 0.410 e. The van der Waals surface area contributed by atoms with Gasteiger partial charge in [0.15, 0.2) is 0 Å². The van der Waals surface area contributed by atoms with E-state index in [0.29, 0.717) is 6.42 Å². The summed E-state index contributed by atoms with van der Waals surface area (Å²) in [5.74, 6) is -0.319. The molecule has 0 aromatic carbocycles. The number of β-amino-alcohol motifs (C(OH)–C–C–N with tert-alkyl or cyclic N) is 1. The van der Waals surface area contributed by atoms with Crippen molar-refractivity contribution in [2.45, 2.75) is 65.0 Å². The number of aromatic nitrogens is 1. The third kappa shape index (κ3) is 8.05. The standard InChI is InChI=1S/C21H32N4O6/c1-13(2)9-16(24-20(28)30-12-15-5-7-22-8-6-15)19(27)23-17-10-25(11-18(17)26)21(29)31-14(3)4/h5-8,13-14,16-18,26H,9-12H2,1-4H3,(H,23,27)(H,24,28)/t16-,17?,18?/m0/s1. The molecule has 1 fully saturated rings. The number of nitrogens with zero attached hydrogens (tertiary/aromatic N) is 2. The number of hydrogen-bond acceptors (Lipinski definition) is 7. The number of rotatable bonds is 8. The van der Waals surface area contributed by atoms with Gasteiger partial charge in [-0.3, -0.25) is 9.78 Å². The Morgan fingerprint density at radius 1 is 1.19 bits per heavy atom. The Morgan fingerprint density at radius 2 is 1.87 bits per heavy atom. The average molecular weight is 437 g/mol. The maximum atomic E-state index is 12.8. The SMILES string of the molecule is CC(C)C[C@H](NC(=O)OCc1ccncc1)C(=O)NC1CN(C(=O)OC(C)C)CC1O. The molecule has 0 bridgehead atoms. The lowest BCUT2D eigenvalue weighted by atomic mass is 10.0. The van der Waals surface area contributed by atoms with Gasteiger partial charge >= 0.3 is 12.2 Å². The quantitative estimate of drug-likeness (QED) is 0.562. The van der Waals surface area contributed by atoms with Gasteiger partial charge in [-0.2, -0.15) is 0 Å². The van der Waals surface area contributed by atoms with Crippen molar-refractivity contribution in [1.29, 1.82) is 0 Å². The zero-order valence-corrected chi connectivity index (χ0v) is 18.4. The van der Waals surface area contributed by atoms with Crippen molar-refractivity contribution in [2.75, 3.05) is 13.1 Å². The van der Waals surface area contributed by atoms with Gasteiger partial charge in [-0.15, -0.1) is 0 Å². The first-order chi connectivity index (χ1) is 14.7. The summed E-state index contributed by atoms with van der Waals surface area (Å²) in [5.41, 5.74) is 0.775. The average Bonchev–Trinajstić information content (AvgIpc) is 3.06. The number of alkyl carbamates (subject to hydrolysis) is 1. The fourth-order valence-electron chi connectivity index (χ4n) is 3.15. The first-order valence-electron chi connectivity index (χ1n) is 10.4. The van der Waals surface area contributed by atoms with Gasteiger partial charge in [0.25, 0.3) is 0 Å². The lowest BCUT2D eigenvalue weighted by molar-refractivity contribution is -0.124. The number of likely N-dealkylation sites (tertiary alicyclic amines) is 1. The molecule has 2 rings (SSSR count). The molecule has 1 aromatic rings. The normalized spacial score (nSPS) is 19.3. The summed E-state index contributed by atoms with van der Waals surface area (Å²) in [6.07, 6.45) is 1.11. The van der Waals surface area contributed by atoms with Crippen LogP contribution in [0, 0.1) is 5.92 Å². The van der Waals surface area contributed by atoms with Crippen molar-refractivity contribution in [1.82, 2.24) is 20.5 Å². The predicted molar refractivity (Wildman–Crippen MR) is 112 cm³/mol. The van der Waals surface area contributed by atoms with Crippen LogP contribution >= 0.6 is 0 Å². The molecule has 3 N–H and O–H groups in total. The van der Waals surface area contributed by atoms with Crippen molar-refractivity contribution in [3.8, 4) is 0 Å². The third-order valence-electron chi connectivity index (χ3n) is 4.65. The van der Waals surface area contributed by atoms with E-state index >= 15 is 0 Å². The lowest BCUT2D eigenvalue weighted by Gasteiger charge is -2.23. The molecular formula is C21H32N4O6. The molecule has 1 aromatic heterocycles. The van der Waals surface area contributed by atoms with E-state index in [4.69, 9.17) is 9.47 Å². The second-order valence-electron chi connectivity index (χ2n) is 8.28. The van der Waals surface area contributed by atoms with Crippen LogP contribution in [0.1, 0.15) is 39.7 Å². The van der Waals surface area contributed by atoms with Crippen LogP contribution in [-0.2, 0) is 20.9 Å². The molecule has 3 amide bonds. The van der Waals surface area contributed by atoms with E-state index in [1.54, 1.807) is 38.4 Å². The Labute approximate surface area is 182 Å². The molecule has 0 spiro atoms. The van der Waals surface area contributed by atoms with E-state index < -0.39 is 36.3 Å². The largest absolute Gasteiger partial charge is 0.447 e. The van der Waals surface area contributed by atoms with E-state index in [1.807, 2.05) is 13.8 Å². The van der Waals surface area contributed by atoms with Crippen LogP contribution in [0.5, 0.6) is 0 Å². The summed E-state index contributed by atoms with van der Waals surface area (Å²) >= 11 is 0. The third-order valence-corrected chi connectivity index (χ3v) is 4.65. The fraction of sp³-hybridized carbons (Fsp3) is 0.619. The van der Waals surface area contributed by atoms with Gasteiger partial charge < -0.3 is 30.1 Å². The van der Waals surface area contributed by atoms with Crippen LogP contribution in [0.2, 0.25) is 0 Å². The number of aliphatic hydroxyl groups excluding tert-OH is 1. The van der Waals surface area contributed by atoms with Crippen molar-refractivity contribution in [2.24, 2.45) is 5.92 Å². The number of aliphatic hydroxyl groups is 1. The highest BCUT2D eigenvalue weighted by Gasteiger charge is 2.37. The van der Waals surface area contributed by atoms with Crippen LogP contribution in [0.25, 0.3) is 0 Å².